The molecule has 1 aliphatic carbocycles. The molecule has 0 radical (unpaired) electrons. The van der Waals surface area contributed by atoms with Crippen molar-refractivity contribution in [3.63, 3.8) is 0 Å². The first kappa shape index (κ1) is 11.6. The number of hydrogen-bond donors (Lipinski definition) is 1. The average molecular weight is 222 g/mol. The largest absolute Gasteiger partial charge is 0.393 e. The predicted octanol–water partition coefficient (Wildman–Crippen LogP) is 2.65. The number of aliphatic hydroxyl groups excluding tert-OH is 1. The fraction of sp³-hybridized carbons (Fsp3) is 0.769. The average Bonchev–Trinajstić information content (AvgIpc) is 2.69. The van der Waals surface area contributed by atoms with Gasteiger partial charge >= 0.3 is 0 Å². The molecule has 1 aromatic heterocycles. The van der Waals surface area contributed by atoms with Crippen LogP contribution in [0.3, 0.4) is 0 Å². The SMILES string of the molecule is Cc1cc(C2CC(O)CC2C)n(C(C)C)n1. The van der Waals surface area contributed by atoms with Crippen molar-refractivity contribution in [2.24, 2.45) is 5.92 Å². The van der Waals surface area contributed by atoms with Gasteiger partial charge in [-0.15, -0.1) is 0 Å². The second-order valence-corrected chi connectivity index (χ2v) is 5.46. The first-order chi connectivity index (χ1) is 7.49. The summed E-state index contributed by atoms with van der Waals surface area (Å²) in [6.07, 6.45) is 1.68. The zero-order valence-corrected chi connectivity index (χ0v) is 10.6. The summed E-state index contributed by atoms with van der Waals surface area (Å²) in [7, 11) is 0. The normalized spacial score (nSPS) is 30.2. The Morgan fingerprint density at radius 1 is 1.44 bits per heavy atom. The highest BCUT2D eigenvalue weighted by molar-refractivity contribution is 5.17. The van der Waals surface area contributed by atoms with Crippen molar-refractivity contribution in [2.75, 3.05) is 0 Å². The molecule has 3 heteroatoms. The summed E-state index contributed by atoms with van der Waals surface area (Å²) in [5.74, 6) is 1.03. The lowest BCUT2D eigenvalue weighted by Gasteiger charge is -2.19. The molecule has 0 aliphatic heterocycles. The van der Waals surface area contributed by atoms with Crippen LogP contribution in [0, 0.1) is 12.8 Å². The van der Waals surface area contributed by atoms with Crippen LogP contribution in [0.25, 0.3) is 0 Å². The number of aromatic nitrogens is 2. The van der Waals surface area contributed by atoms with Crippen LogP contribution in [0.4, 0.5) is 0 Å². The molecule has 0 bridgehead atoms. The van der Waals surface area contributed by atoms with E-state index in [1.54, 1.807) is 0 Å². The highest BCUT2D eigenvalue weighted by Crippen LogP contribution is 2.40. The summed E-state index contributed by atoms with van der Waals surface area (Å²) in [6, 6.07) is 2.58. The van der Waals surface area contributed by atoms with Crippen molar-refractivity contribution in [1.29, 1.82) is 0 Å². The highest BCUT2D eigenvalue weighted by Gasteiger charge is 2.33. The molecule has 3 nitrogen and oxygen atoms in total. The summed E-state index contributed by atoms with van der Waals surface area (Å²) < 4.78 is 2.12. The van der Waals surface area contributed by atoms with E-state index in [1.165, 1.54) is 5.69 Å². The zero-order chi connectivity index (χ0) is 11.9. The van der Waals surface area contributed by atoms with Gasteiger partial charge in [0.2, 0.25) is 0 Å². The third-order valence-electron chi connectivity index (χ3n) is 3.61. The van der Waals surface area contributed by atoms with E-state index in [9.17, 15) is 5.11 Å². The summed E-state index contributed by atoms with van der Waals surface area (Å²) in [4.78, 5) is 0. The molecule has 0 saturated heterocycles. The van der Waals surface area contributed by atoms with Gasteiger partial charge in [0.25, 0.3) is 0 Å². The molecule has 3 unspecified atom stereocenters. The van der Waals surface area contributed by atoms with Gasteiger partial charge in [0.15, 0.2) is 0 Å². The molecule has 1 saturated carbocycles. The lowest BCUT2D eigenvalue weighted by molar-refractivity contribution is 0.177. The minimum Gasteiger partial charge on any atom is -0.393 e. The second-order valence-electron chi connectivity index (χ2n) is 5.46. The lowest BCUT2D eigenvalue weighted by Crippen LogP contribution is -2.13. The number of nitrogens with zero attached hydrogens (tertiary/aromatic N) is 2. The smallest absolute Gasteiger partial charge is 0.0596 e. The third-order valence-corrected chi connectivity index (χ3v) is 3.61. The van der Waals surface area contributed by atoms with E-state index >= 15 is 0 Å². The van der Waals surface area contributed by atoms with Gasteiger partial charge in [-0.1, -0.05) is 6.92 Å². The molecular weight excluding hydrogens is 200 g/mol. The van der Waals surface area contributed by atoms with Crippen molar-refractivity contribution in [3.8, 4) is 0 Å². The van der Waals surface area contributed by atoms with Gasteiger partial charge in [-0.25, -0.2) is 0 Å². The Bertz CT molecular complexity index is 370. The molecule has 2 rings (SSSR count). The van der Waals surface area contributed by atoms with Crippen molar-refractivity contribution in [2.45, 2.75) is 58.6 Å². The Hall–Kier alpha value is -0.830. The molecule has 0 spiro atoms. The van der Waals surface area contributed by atoms with Gasteiger partial charge in [0.05, 0.1) is 11.8 Å². The quantitative estimate of drug-likeness (QED) is 0.835. The minimum atomic E-state index is -0.129. The Morgan fingerprint density at radius 2 is 2.12 bits per heavy atom. The topological polar surface area (TPSA) is 38.0 Å². The molecule has 1 fully saturated rings. The standard InChI is InChI=1S/C13H22N2O/c1-8(2)15-13(6-10(4)14-15)12-7-11(16)5-9(12)3/h6,8-9,11-12,16H,5,7H2,1-4H3. The van der Waals surface area contributed by atoms with E-state index < -0.39 is 0 Å². The van der Waals surface area contributed by atoms with Crippen molar-refractivity contribution in [1.82, 2.24) is 9.78 Å². The number of aliphatic hydroxyl groups is 1. The van der Waals surface area contributed by atoms with Crippen molar-refractivity contribution >= 4 is 0 Å². The molecule has 90 valence electrons. The molecule has 1 aliphatic rings. The Kier molecular flexibility index (Phi) is 3.06. The third kappa shape index (κ3) is 2.01. The van der Waals surface area contributed by atoms with Crippen LogP contribution in [0.5, 0.6) is 0 Å². The maximum Gasteiger partial charge on any atom is 0.0596 e. The van der Waals surface area contributed by atoms with Gasteiger partial charge < -0.3 is 5.11 Å². The lowest BCUT2D eigenvalue weighted by atomic mass is 9.94. The molecule has 1 heterocycles. The molecule has 1 aromatic rings. The predicted molar refractivity (Wildman–Crippen MR) is 64.5 cm³/mol. The number of aryl methyl sites for hydroxylation is 1. The fourth-order valence-corrected chi connectivity index (χ4v) is 2.85. The monoisotopic (exact) mass is 222 g/mol. The van der Waals surface area contributed by atoms with Gasteiger partial charge in [-0.05, 0) is 45.6 Å². The summed E-state index contributed by atoms with van der Waals surface area (Å²) in [5, 5.41) is 14.3. The van der Waals surface area contributed by atoms with Crippen LogP contribution in [-0.4, -0.2) is 21.0 Å². The van der Waals surface area contributed by atoms with E-state index in [4.69, 9.17) is 0 Å². The first-order valence-electron chi connectivity index (χ1n) is 6.23. The van der Waals surface area contributed by atoms with Crippen LogP contribution in [-0.2, 0) is 0 Å². The van der Waals surface area contributed by atoms with E-state index in [1.807, 2.05) is 6.92 Å². The highest BCUT2D eigenvalue weighted by atomic mass is 16.3. The summed E-state index contributed by atoms with van der Waals surface area (Å²) in [6.45, 7) is 8.59. The van der Waals surface area contributed by atoms with Crippen LogP contribution in [0.15, 0.2) is 6.07 Å². The first-order valence-corrected chi connectivity index (χ1v) is 6.23. The molecule has 16 heavy (non-hydrogen) atoms. The minimum absolute atomic E-state index is 0.129. The fourth-order valence-electron chi connectivity index (χ4n) is 2.85. The van der Waals surface area contributed by atoms with E-state index in [0.717, 1.165) is 18.5 Å². The van der Waals surface area contributed by atoms with Crippen molar-refractivity contribution in [3.05, 3.63) is 17.5 Å². The van der Waals surface area contributed by atoms with Crippen molar-refractivity contribution < 1.29 is 5.11 Å². The van der Waals surface area contributed by atoms with Crippen LogP contribution in [0.1, 0.15) is 57.0 Å². The van der Waals surface area contributed by atoms with Crippen LogP contribution < -0.4 is 0 Å². The Morgan fingerprint density at radius 3 is 2.62 bits per heavy atom. The zero-order valence-electron chi connectivity index (χ0n) is 10.6. The number of hydrogen-bond acceptors (Lipinski definition) is 2. The molecule has 0 aromatic carbocycles. The van der Waals surface area contributed by atoms with E-state index in [2.05, 4.69) is 36.6 Å². The van der Waals surface area contributed by atoms with Crippen LogP contribution in [0.2, 0.25) is 0 Å². The second kappa shape index (κ2) is 4.21. The van der Waals surface area contributed by atoms with Gasteiger partial charge in [-0.3, -0.25) is 4.68 Å². The van der Waals surface area contributed by atoms with Gasteiger partial charge in [-0.2, -0.15) is 5.10 Å². The summed E-state index contributed by atoms with van der Waals surface area (Å²) >= 11 is 0. The van der Waals surface area contributed by atoms with Gasteiger partial charge in [0.1, 0.15) is 0 Å². The summed E-state index contributed by atoms with van der Waals surface area (Å²) in [5.41, 5.74) is 2.38. The Balaban J connectivity index is 2.32. The Labute approximate surface area is 97.5 Å². The number of rotatable bonds is 2. The maximum absolute atomic E-state index is 9.74. The molecule has 3 atom stereocenters. The van der Waals surface area contributed by atoms with E-state index in [0.29, 0.717) is 17.9 Å². The molecule has 1 N–H and O–H groups in total. The van der Waals surface area contributed by atoms with Gasteiger partial charge in [0, 0.05) is 17.7 Å². The van der Waals surface area contributed by atoms with E-state index in [-0.39, 0.29) is 6.10 Å². The molecule has 0 amide bonds. The van der Waals surface area contributed by atoms with Crippen LogP contribution >= 0.6 is 0 Å². The molecular formula is C13H22N2O. The maximum atomic E-state index is 9.74.